The molecule has 0 saturated carbocycles. The molecule has 2 nitrogen and oxygen atoms in total. The number of piperidine rings is 1. The van der Waals surface area contributed by atoms with Crippen molar-refractivity contribution in [1.29, 1.82) is 0 Å². The molecule has 0 spiro atoms. The second-order valence-electron chi connectivity index (χ2n) is 6.02. The zero-order chi connectivity index (χ0) is 11.5. The number of rotatable bonds is 4. The Morgan fingerprint density at radius 1 is 1.40 bits per heavy atom. The first kappa shape index (κ1) is 13.0. The van der Waals surface area contributed by atoms with Gasteiger partial charge in [-0.25, -0.2) is 0 Å². The first-order valence-electron chi connectivity index (χ1n) is 6.31. The molecule has 1 saturated heterocycles. The molecule has 1 aliphatic rings. The Balaban J connectivity index is 2.50. The van der Waals surface area contributed by atoms with Gasteiger partial charge in [-0.15, -0.1) is 0 Å². The molecule has 0 bridgehead atoms. The molecule has 0 amide bonds. The van der Waals surface area contributed by atoms with Crippen molar-refractivity contribution in [2.45, 2.75) is 52.5 Å². The minimum atomic E-state index is 0.322. The number of likely N-dealkylation sites (tertiary alicyclic amines) is 1. The van der Waals surface area contributed by atoms with Gasteiger partial charge < -0.3 is 5.11 Å². The van der Waals surface area contributed by atoms with Gasteiger partial charge in [-0.2, -0.15) is 0 Å². The lowest BCUT2D eigenvalue weighted by atomic mass is 9.81. The molecule has 0 radical (unpaired) electrons. The molecule has 0 aliphatic carbocycles. The highest BCUT2D eigenvalue weighted by Gasteiger charge is 2.34. The lowest BCUT2D eigenvalue weighted by Gasteiger charge is -2.46. The fraction of sp³-hybridized carbons (Fsp3) is 1.00. The van der Waals surface area contributed by atoms with Crippen molar-refractivity contribution in [2.75, 3.05) is 19.7 Å². The summed E-state index contributed by atoms with van der Waals surface area (Å²) in [6.07, 6.45) is 3.48. The van der Waals surface area contributed by atoms with Gasteiger partial charge in [0.2, 0.25) is 0 Å². The molecule has 1 N–H and O–H groups in total. The van der Waals surface area contributed by atoms with E-state index in [0.717, 1.165) is 18.3 Å². The van der Waals surface area contributed by atoms with Crippen molar-refractivity contribution in [2.24, 2.45) is 11.8 Å². The maximum atomic E-state index is 8.99. The summed E-state index contributed by atoms with van der Waals surface area (Å²) < 4.78 is 0. The lowest BCUT2D eigenvalue weighted by molar-refractivity contribution is 0.0302. The highest BCUT2D eigenvalue weighted by molar-refractivity contribution is 4.89. The molecule has 1 heterocycles. The van der Waals surface area contributed by atoms with E-state index in [1.807, 2.05) is 0 Å². The number of hydrogen-bond acceptors (Lipinski definition) is 2. The van der Waals surface area contributed by atoms with Gasteiger partial charge in [-0.05, 0) is 51.5 Å². The van der Waals surface area contributed by atoms with E-state index in [9.17, 15) is 0 Å². The fourth-order valence-corrected chi connectivity index (χ4v) is 2.79. The molecule has 0 aromatic heterocycles. The Kier molecular flexibility index (Phi) is 4.60. The van der Waals surface area contributed by atoms with Crippen LogP contribution in [-0.2, 0) is 0 Å². The maximum absolute atomic E-state index is 8.99. The van der Waals surface area contributed by atoms with Crippen molar-refractivity contribution < 1.29 is 5.11 Å². The molecular formula is C13H27NO. The highest BCUT2D eigenvalue weighted by Crippen LogP contribution is 2.33. The minimum Gasteiger partial charge on any atom is -0.396 e. The molecule has 1 fully saturated rings. The molecule has 2 heteroatoms. The zero-order valence-corrected chi connectivity index (χ0v) is 10.8. The second kappa shape index (κ2) is 5.31. The summed E-state index contributed by atoms with van der Waals surface area (Å²) in [5.74, 6) is 1.48. The largest absolute Gasteiger partial charge is 0.396 e. The molecular weight excluding hydrogens is 186 g/mol. The van der Waals surface area contributed by atoms with Crippen LogP contribution in [0.4, 0.5) is 0 Å². The SMILES string of the molecule is CC(C)CN1CCC(CCO)CC1(C)C. The Morgan fingerprint density at radius 2 is 2.07 bits per heavy atom. The van der Waals surface area contributed by atoms with Crippen molar-refractivity contribution in [3.8, 4) is 0 Å². The van der Waals surface area contributed by atoms with E-state index < -0.39 is 0 Å². The summed E-state index contributed by atoms with van der Waals surface area (Å²) in [4.78, 5) is 2.62. The van der Waals surface area contributed by atoms with Crippen LogP contribution in [0.3, 0.4) is 0 Å². The first-order valence-corrected chi connectivity index (χ1v) is 6.31. The molecule has 1 atom stereocenters. The molecule has 1 unspecified atom stereocenters. The Hall–Kier alpha value is -0.0800. The first-order chi connectivity index (χ1) is 6.95. The predicted molar refractivity (Wildman–Crippen MR) is 64.9 cm³/mol. The van der Waals surface area contributed by atoms with E-state index in [-0.39, 0.29) is 0 Å². The Bertz CT molecular complexity index is 189. The number of nitrogens with zero attached hydrogens (tertiary/aromatic N) is 1. The van der Waals surface area contributed by atoms with Gasteiger partial charge in [0.1, 0.15) is 0 Å². The molecule has 90 valence electrons. The van der Waals surface area contributed by atoms with Gasteiger partial charge >= 0.3 is 0 Å². The van der Waals surface area contributed by atoms with Gasteiger partial charge in [0, 0.05) is 18.7 Å². The van der Waals surface area contributed by atoms with E-state index in [1.54, 1.807) is 0 Å². The second-order valence-corrected chi connectivity index (χ2v) is 6.02. The van der Waals surface area contributed by atoms with Crippen molar-refractivity contribution in [1.82, 2.24) is 4.90 Å². The maximum Gasteiger partial charge on any atom is 0.0433 e. The number of aliphatic hydroxyl groups excluding tert-OH is 1. The van der Waals surface area contributed by atoms with Crippen LogP contribution in [-0.4, -0.2) is 35.2 Å². The monoisotopic (exact) mass is 213 g/mol. The van der Waals surface area contributed by atoms with E-state index >= 15 is 0 Å². The molecule has 1 aliphatic heterocycles. The third kappa shape index (κ3) is 3.76. The normalized spacial score (nSPS) is 27.2. The minimum absolute atomic E-state index is 0.322. The fourth-order valence-electron chi connectivity index (χ4n) is 2.79. The van der Waals surface area contributed by atoms with Crippen LogP contribution in [0.5, 0.6) is 0 Å². The summed E-state index contributed by atoms with van der Waals surface area (Å²) in [6, 6.07) is 0. The van der Waals surface area contributed by atoms with Crippen molar-refractivity contribution >= 4 is 0 Å². The van der Waals surface area contributed by atoms with Gasteiger partial charge in [-0.1, -0.05) is 13.8 Å². The van der Waals surface area contributed by atoms with E-state index in [1.165, 1.54) is 25.9 Å². The van der Waals surface area contributed by atoms with Crippen molar-refractivity contribution in [3.63, 3.8) is 0 Å². The Morgan fingerprint density at radius 3 is 2.53 bits per heavy atom. The quantitative estimate of drug-likeness (QED) is 0.775. The van der Waals surface area contributed by atoms with Gasteiger partial charge in [-0.3, -0.25) is 4.90 Å². The van der Waals surface area contributed by atoms with Crippen molar-refractivity contribution in [3.05, 3.63) is 0 Å². The van der Waals surface area contributed by atoms with E-state index in [2.05, 4.69) is 32.6 Å². The lowest BCUT2D eigenvalue weighted by Crippen LogP contribution is -2.51. The third-order valence-electron chi connectivity index (χ3n) is 3.57. The predicted octanol–water partition coefficient (Wildman–Crippen LogP) is 2.52. The molecule has 0 aromatic carbocycles. The van der Waals surface area contributed by atoms with Crippen LogP contribution in [0.1, 0.15) is 47.0 Å². The molecule has 15 heavy (non-hydrogen) atoms. The summed E-state index contributed by atoms with van der Waals surface area (Å²) >= 11 is 0. The smallest absolute Gasteiger partial charge is 0.0433 e. The number of hydrogen-bond donors (Lipinski definition) is 1. The average molecular weight is 213 g/mol. The van der Waals surface area contributed by atoms with E-state index in [0.29, 0.717) is 12.1 Å². The highest BCUT2D eigenvalue weighted by atomic mass is 16.3. The third-order valence-corrected chi connectivity index (χ3v) is 3.57. The van der Waals surface area contributed by atoms with Crippen LogP contribution < -0.4 is 0 Å². The molecule has 0 aromatic rings. The van der Waals surface area contributed by atoms with Gasteiger partial charge in [0.25, 0.3) is 0 Å². The van der Waals surface area contributed by atoms with E-state index in [4.69, 9.17) is 5.11 Å². The summed E-state index contributed by atoms with van der Waals surface area (Å²) in [5.41, 5.74) is 0.322. The van der Waals surface area contributed by atoms with Crippen LogP contribution in [0.2, 0.25) is 0 Å². The topological polar surface area (TPSA) is 23.5 Å². The van der Waals surface area contributed by atoms with Gasteiger partial charge in [0.15, 0.2) is 0 Å². The van der Waals surface area contributed by atoms with Gasteiger partial charge in [0.05, 0.1) is 0 Å². The van der Waals surface area contributed by atoms with Crippen LogP contribution in [0.25, 0.3) is 0 Å². The summed E-state index contributed by atoms with van der Waals surface area (Å²) in [5, 5.41) is 8.99. The van der Waals surface area contributed by atoms with Crippen LogP contribution >= 0.6 is 0 Å². The molecule has 1 rings (SSSR count). The van der Waals surface area contributed by atoms with Crippen LogP contribution in [0.15, 0.2) is 0 Å². The zero-order valence-electron chi connectivity index (χ0n) is 10.8. The standard InChI is InChI=1S/C13H27NO/c1-11(2)10-14-7-5-12(6-8-15)9-13(14,3)4/h11-12,15H,5-10H2,1-4H3. The average Bonchev–Trinajstić information content (AvgIpc) is 2.09. The number of aliphatic hydroxyl groups is 1. The van der Waals surface area contributed by atoms with Crippen LogP contribution in [0, 0.1) is 11.8 Å². The summed E-state index contributed by atoms with van der Waals surface area (Å²) in [6.45, 7) is 12.0. The summed E-state index contributed by atoms with van der Waals surface area (Å²) in [7, 11) is 0. The Labute approximate surface area is 94.7 Å².